The summed E-state index contributed by atoms with van der Waals surface area (Å²) in [5.74, 6) is 1.65. The predicted octanol–water partition coefficient (Wildman–Crippen LogP) is 2.81. The number of fused-ring (bicyclic) bond motifs is 1. The zero-order valence-electron chi connectivity index (χ0n) is 21.9. The molecule has 0 radical (unpaired) electrons. The molecule has 5 heterocycles. The van der Waals surface area contributed by atoms with Gasteiger partial charge in [0.25, 0.3) is 0 Å². The number of aromatic nitrogens is 4. The highest BCUT2D eigenvalue weighted by Crippen LogP contribution is 2.31. The maximum absolute atomic E-state index is 9.74. The van der Waals surface area contributed by atoms with Crippen molar-refractivity contribution in [1.82, 2.24) is 24.5 Å². The average molecular weight is 523 g/mol. The van der Waals surface area contributed by atoms with Gasteiger partial charge in [-0.05, 0) is 36.8 Å². The first-order chi connectivity index (χ1) is 18.9. The highest BCUT2D eigenvalue weighted by atomic mass is 16.5. The fraction of sp³-hybridized carbons (Fsp3) is 0.250. The Hall–Kier alpha value is -4.95. The zero-order chi connectivity index (χ0) is 27.5. The molecule has 4 aromatic heterocycles. The van der Waals surface area contributed by atoms with E-state index in [2.05, 4.69) is 26.0 Å². The van der Waals surface area contributed by atoms with Gasteiger partial charge in [0.1, 0.15) is 17.5 Å². The van der Waals surface area contributed by atoms with Crippen LogP contribution in [0.15, 0.2) is 60.7 Å². The van der Waals surface area contributed by atoms with Gasteiger partial charge in [0.05, 0.1) is 18.3 Å². The summed E-state index contributed by atoms with van der Waals surface area (Å²) in [6, 6.07) is 11.9. The molecular weight excluding hydrogens is 492 g/mol. The summed E-state index contributed by atoms with van der Waals surface area (Å²) in [6.07, 6.45) is 6.91. The van der Waals surface area contributed by atoms with Crippen LogP contribution in [0.4, 0.5) is 11.6 Å². The molecule has 0 bridgehead atoms. The number of rotatable bonds is 7. The Balaban J connectivity index is 1.36. The van der Waals surface area contributed by atoms with Crippen LogP contribution in [0.25, 0.3) is 16.6 Å². The van der Waals surface area contributed by atoms with E-state index >= 15 is 0 Å². The van der Waals surface area contributed by atoms with Gasteiger partial charge in [0.2, 0.25) is 5.88 Å². The van der Waals surface area contributed by atoms with Crippen LogP contribution in [0.3, 0.4) is 0 Å². The maximum Gasteiger partial charge on any atom is 0.212 e. The molecule has 0 saturated carbocycles. The zero-order valence-corrected chi connectivity index (χ0v) is 21.9. The smallest absolute Gasteiger partial charge is 0.212 e. The number of hydrogen-bond acceptors (Lipinski definition) is 10. The van der Waals surface area contributed by atoms with E-state index in [1.807, 2.05) is 36.5 Å². The molecule has 1 aliphatic heterocycles. The summed E-state index contributed by atoms with van der Waals surface area (Å²) in [6.45, 7) is 6.11. The molecule has 1 fully saturated rings. The number of nitrogens with one attached hydrogen (secondary N) is 1. The van der Waals surface area contributed by atoms with Crippen LogP contribution in [0, 0.1) is 16.7 Å². The third-order valence-corrected chi connectivity index (χ3v) is 6.72. The Morgan fingerprint density at radius 3 is 2.56 bits per heavy atom. The lowest BCUT2D eigenvalue weighted by molar-refractivity contribution is 0.249. The molecule has 5 N–H and O–H groups in total. The molecule has 0 atom stereocenters. The third-order valence-electron chi connectivity index (χ3n) is 6.72. The third kappa shape index (κ3) is 5.37. The second-order valence-electron chi connectivity index (χ2n) is 9.49. The molecular formula is C28H30N10O. The van der Waals surface area contributed by atoms with Gasteiger partial charge in [-0.2, -0.15) is 5.26 Å². The first-order valence-electron chi connectivity index (χ1n) is 12.5. The van der Waals surface area contributed by atoms with Crippen LogP contribution in [-0.4, -0.2) is 63.5 Å². The highest BCUT2D eigenvalue weighted by molar-refractivity contribution is 6.08. The first-order valence-corrected chi connectivity index (χ1v) is 12.5. The Kier molecular flexibility index (Phi) is 7.12. The summed E-state index contributed by atoms with van der Waals surface area (Å²) >= 11 is 0. The van der Waals surface area contributed by atoms with Crippen LogP contribution in [0.1, 0.15) is 23.6 Å². The van der Waals surface area contributed by atoms with Crippen LogP contribution >= 0.6 is 0 Å². The van der Waals surface area contributed by atoms with E-state index in [-0.39, 0.29) is 11.5 Å². The standard InChI is InChI=1S/C28H30N10O/c1-18(30)11-24(31)21-12-22(27-23(13-29)28(32)35-38(27)17-21)20-4-5-25(33-15-20)37-9-7-36(8-10-37)16-19-3-6-26(39-2)34-14-19/h3-6,11-12,14-15,17,31H,7-10,16,30H2,1-2H3,(H2,32,35)/b18-11-,31-24?. The van der Waals surface area contributed by atoms with Crippen molar-refractivity contribution >= 4 is 22.9 Å². The predicted molar refractivity (Wildman–Crippen MR) is 151 cm³/mol. The topological polar surface area (TPSA) is 158 Å². The summed E-state index contributed by atoms with van der Waals surface area (Å²) in [5, 5.41) is 22.5. The Morgan fingerprint density at radius 1 is 1.15 bits per heavy atom. The van der Waals surface area contributed by atoms with Gasteiger partial charge in [-0.15, -0.1) is 5.10 Å². The van der Waals surface area contributed by atoms with Crippen LogP contribution in [-0.2, 0) is 6.54 Å². The van der Waals surface area contributed by atoms with E-state index in [1.54, 1.807) is 37.0 Å². The lowest BCUT2D eigenvalue weighted by Crippen LogP contribution is -2.46. The van der Waals surface area contributed by atoms with Crippen molar-refractivity contribution in [3.05, 3.63) is 77.4 Å². The van der Waals surface area contributed by atoms with E-state index in [0.29, 0.717) is 28.2 Å². The lowest BCUT2D eigenvalue weighted by atomic mass is 10.0. The Morgan fingerprint density at radius 2 is 1.95 bits per heavy atom. The van der Waals surface area contributed by atoms with Gasteiger partial charge < -0.3 is 26.5 Å². The molecule has 198 valence electrons. The molecule has 0 unspecified atom stereocenters. The number of piperazine rings is 1. The molecule has 0 spiro atoms. The van der Waals surface area contributed by atoms with Crippen LogP contribution in [0.5, 0.6) is 5.88 Å². The van der Waals surface area contributed by atoms with Crippen LogP contribution < -0.4 is 21.1 Å². The summed E-state index contributed by atoms with van der Waals surface area (Å²) < 4.78 is 6.70. The number of ether oxygens (including phenoxy) is 1. The largest absolute Gasteiger partial charge is 0.481 e. The summed E-state index contributed by atoms with van der Waals surface area (Å²) in [4.78, 5) is 13.7. The van der Waals surface area contributed by atoms with Crippen molar-refractivity contribution in [3.8, 4) is 23.1 Å². The van der Waals surface area contributed by atoms with Gasteiger partial charge in [-0.1, -0.05) is 6.07 Å². The minimum absolute atomic E-state index is 0.140. The molecule has 39 heavy (non-hydrogen) atoms. The normalized spacial score (nSPS) is 14.4. The molecule has 5 rings (SSSR count). The Bertz CT molecular complexity index is 1570. The van der Waals surface area contributed by atoms with E-state index in [1.165, 1.54) is 0 Å². The van der Waals surface area contributed by atoms with E-state index in [4.69, 9.17) is 26.6 Å². The number of hydrogen-bond donors (Lipinski definition) is 3. The number of nitrogens with two attached hydrogens (primary N) is 2. The van der Waals surface area contributed by atoms with Crippen molar-refractivity contribution < 1.29 is 4.74 Å². The number of pyridine rings is 3. The molecule has 11 nitrogen and oxygen atoms in total. The average Bonchev–Trinajstić information content (AvgIpc) is 3.28. The van der Waals surface area contributed by atoms with Gasteiger partial charge >= 0.3 is 0 Å². The van der Waals surface area contributed by atoms with Crippen molar-refractivity contribution in [3.63, 3.8) is 0 Å². The monoisotopic (exact) mass is 522 g/mol. The van der Waals surface area contributed by atoms with E-state index in [0.717, 1.165) is 55.2 Å². The number of nitriles is 1. The summed E-state index contributed by atoms with van der Waals surface area (Å²) in [5.41, 5.74) is 16.7. The van der Waals surface area contributed by atoms with E-state index in [9.17, 15) is 5.26 Å². The van der Waals surface area contributed by atoms with Gasteiger partial charge in [0.15, 0.2) is 5.82 Å². The quantitative estimate of drug-likeness (QED) is 0.310. The molecule has 1 saturated heterocycles. The molecule has 0 aromatic carbocycles. The SMILES string of the molecule is COc1ccc(CN2CCN(c3ccc(-c4cc(C(=N)/C=C(/C)N)cn5nc(N)c(C#N)c45)cn3)CC2)cn1. The minimum atomic E-state index is 0.140. The first kappa shape index (κ1) is 25.7. The van der Waals surface area contributed by atoms with Gasteiger partial charge in [-0.25, -0.2) is 14.5 Å². The van der Waals surface area contributed by atoms with Crippen molar-refractivity contribution in [2.24, 2.45) is 5.73 Å². The van der Waals surface area contributed by atoms with Crippen molar-refractivity contribution in [2.75, 3.05) is 43.9 Å². The highest BCUT2D eigenvalue weighted by Gasteiger charge is 2.20. The fourth-order valence-corrected chi connectivity index (χ4v) is 4.74. The lowest BCUT2D eigenvalue weighted by Gasteiger charge is -2.35. The van der Waals surface area contributed by atoms with E-state index < -0.39 is 0 Å². The Labute approximate surface area is 226 Å². The number of methoxy groups -OCH3 is 1. The van der Waals surface area contributed by atoms with Crippen LogP contribution in [0.2, 0.25) is 0 Å². The fourth-order valence-electron chi connectivity index (χ4n) is 4.74. The second-order valence-corrected chi connectivity index (χ2v) is 9.49. The van der Waals surface area contributed by atoms with Crippen molar-refractivity contribution in [1.29, 1.82) is 10.7 Å². The van der Waals surface area contributed by atoms with Crippen molar-refractivity contribution in [2.45, 2.75) is 13.5 Å². The molecule has 0 aliphatic carbocycles. The molecule has 1 aliphatic rings. The molecule has 0 amide bonds. The molecule has 4 aromatic rings. The number of allylic oxidation sites excluding steroid dienone is 2. The maximum atomic E-state index is 9.74. The van der Waals surface area contributed by atoms with Gasteiger partial charge in [-0.3, -0.25) is 4.90 Å². The summed E-state index contributed by atoms with van der Waals surface area (Å²) in [7, 11) is 1.62. The van der Waals surface area contributed by atoms with Gasteiger partial charge in [0, 0.05) is 79.8 Å². The molecule has 11 heteroatoms. The number of anilines is 2. The minimum Gasteiger partial charge on any atom is -0.481 e. The second kappa shape index (κ2) is 10.8. The number of nitrogen functional groups attached to an aromatic ring is 1. The number of nitrogens with zero attached hydrogens (tertiary/aromatic N) is 7.